The van der Waals surface area contributed by atoms with Crippen LogP contribution in [0.25, 0.3) is 0 Å². The van der Waals surface area contributed by atoms with Gasteiger partial charge in [-0.1, -0.05) is 212 Å². The van der Waals surface area contributed by atoms with Gasteiger partial charge in [-0.3, -0.25) is 19.2 Å². The molecule has 0 amide bonds. The number of hydrogen-bond donors (Lipinski definition) is 2. The molecule has 0 bridgehead atoms. The van der Waals surface area contributed by atoms with Gasteiger partial charge in [-0.15, -0.1) is 0 Å². The van der Waals surface area contributed by atoms with Crippen LogP contribution < -0.4 is 0 Å². The maximum absolute atomic E-state index is 14.0. The molecule has 0 aliphatic heterocycles. The molecular formula is C54H96O8. The summed E-state index contributed by atoms with van der Waals surface area (Å²) in [5, 5.41) is 20.9. The van der Waals surface area contributed by atoms with Gasteiger partial charge in [0.15, 0.2) is 11.6 Å². The minimum Gasteiger partial charge on any atom is -0.480 e. The molecule has 0 spiro atoms. The fraction of sp³-hybridized carbons (Fsp3) is 0.833. The molecular weight excluding hydrogens is 777 g/mol. The van der Waals surface area contributed by atoms with Crippen molar-refractivity contribution >= 4 is 29.5 Å². The van der Waals surface area contributed by atoms with Gasteiger partial charge < -0.3 is 14.9 Å². The average molecular weight is 873 g/mol. The molecule has 0 aromatic heterocycles. The van der Waals surface area contributed by atoms with E-state index in [1.165, 1.54) is 116 Å². The van der Waals surface area contributed by atoms with Gasteiger partial charge in [-0.05, 0) is 70.6 Å². The smallest absolute Gasteiger partial charge is 0.347 e. The monoisotopic (exact) mass is 873 g/mol. The van der Waals surface area contributed by atoms with Gasteiger partial charge >= 0.3 is 17.9 Å². The van der Waals surface area contributed by atoms with Gasteiger partial charge in [0, 0.05) is 19.3 Å². The minimum absolute atomic E-state index is 0.0959. The van der Waals surface area contributed by atoms with Crippen molar-refractivity contribution in [2.75, 3.05) is 0 Å². The van der Waals surface area contributed by atoms with E-state index in [4.69, 9.17) is 4.74 Å². The Morgan fingerprint density at radius 2 is 0.645 bits per heavy atom. The Labute approximate surface area is 380 Å². The second-order valence-corrected chi connectivity index (χ2v) is 18.1. The summed E-state index contributed by atoms with van der Waals surface area (Å²) >= 11 is 0. The number of ether oxygens (including phenoxy) is 1. The normalized spacial score (nSPS) is 13.1. The quantitative estimate of drug-likeness (QED) is 0.0267. The van der Waals surface area contributed by atoms with Crippen molar-refractivity contribution in [3.05, 3.63) is 24.3 Å². The highest BCUT2D eigenvalue weighted by molar-refractivity contribution is 6.25. The molecule has 62 heavy (non-hydrogen) atoms. The van der Waals surface area contributed by atoms with E-state index in [1.54, 1.807) is 0 Å². The minimum atomic E-state index is -2.97. The lowest BCUT2D eigenvalue weighted by Crippen LogP contribution is -2.59. The number of allylic oxidation sites excluding steroid dienone is 4. The van der Waals surface area contributed by atoms with Crippen LogP contribution in [-0.4, -0.2) is 45.8 Å². The first-order chi connectivity index (χ1) is 30.2. The summed E-state index contributed by atoms with van der Waals surface area (Å²) in [4.78, 5) is 66.8. The molecule has 0 saturated heterocycles. The van der Waals surface area contributed by atoms with Crippen molar-refractivity contribution in [1.82, 2.24) is 0 Å². The fourth-order valence-corrected chi connectivity index (χ4v) is 8.35. The van der Waals surface area contributed by atoms with Gasteiger partial charge in [0.2, 0.25) is 11.5 Å². The average Bonchev–Trinajstić information content (AvgIpc) is 3.25. The Morgan fingerprint density at radius 3 is 0.919 bits per heavy atom. The molecule has 0 aliphatic carbocycles. The van der Waals surface area contributed by atoms with Crippen molar-refractivity contribution in [2.45, 2.75) is 284 Å². The first-order valence-corrected chi connectivity index (χ1v) is 26.2. The molecule has 2 N–H and O–H groups in total. The van der Waals surface area contributed by atoms with E-state index < -0.39 is 41.0 Å². The molecule has 8 nitrogen and oxygen atoms in total. The van der Waals surface area contributed by atoms with Crippen molar-refractivity contribution in [2.24, 2.45) is 5.41 Å². The topological polar surface area (TPSA) is 135 Å². The molecule has 1 unspecified atom stereocenters. The molecule has 8 heteroatoms. The Hall–Kier alpha value is -2.77. The number of rotatable bonds is 48. The van der Waals surface area contributed by atoms with Crippen LogP contribution in [0.15, 0.2) is 24.3 Å². The van der Waals surface area contributed by atoms with Crippen LogP contribution >= 0.6 is 0 Å². The van der Waals surface area contributed by atoms with Crippen LogP contribution in [0.1, 0.15) is 278 Å². The van der Waals surface area contributed by atoms with Gasteiger partial charge in [0.1, 0.15) is 0 Å². The predicted octanol–water partition coefficient (Wildman–Crippen LogP) is 16.0. The van der Waals surface area contributed by atoms with Crippen LogP contribution in [-0.2, 0) is 28.7 Å². The summed E-state index contributed by atoms with van der Waals surface area (Å²) in [6, 6.07) is 0. The Balaban J connectivity index is 5.23. The second-order valence-electron chi connectivity index (χ2n) is 18.1. The van der Waals surface area contributed by atoms with Crippen molar-refractivity contribution < 1.29 is 38.9 Å². The zero-order chi connectivity index (χ0) is 45.8. The Kier molecular flexibility index (Phi) is 41.5. The fourth-order valence-electron chi connectivity index (χ4n) is 8.35. The lowest BCUT2D eigenvalue weighted by atomic mass is 9.71. The van der Waals surface area contributed by atoms with Crippen molar-refractivity contribution in [3.8, 4) is 0 Å². The molecule has 1 atom stereocenters. The number of carboxylic acid groups (broad SMARTS) is 2. The van der Waals surface area contributed by atoms with E-state index in [2.05, 4.69) is 45.1 Å². The van der Waals surface area contributed by atoms with E-state index in [0.717, 1.165) is 89.9 Å². The van der Waals surface area contributed by atoms with Gasteiger partial charge in [-0.2, -0.15) is 0 Å². The third-order valence-electron chi connectivity index (χ3n) is 12.4. The molecule has 0 saturated carbocycles. The highest BCUT2D eigenvalue weighted by Crippen LogP contribution is 2.34. The van der Waals surface area contributed by atoms with E-state index in [-0.39, 0.29) is 19.3 Å². The first kappa shape index (κ1) is 59.2. The molecule has 360 valence electrons. The van der Waals surface area contributed by atoms with Crippen molar-refractivity contribution in [3.63, 3.8) is 0 Å². The number of hydrogen-bond acceptors (Lipinski definition) is 6. The number of unbranched alkanes of at least 4 members (excludes halogenated alkanes) is 32. The largest absolute Gasteiger partial charge is 0.480 e. The lowest BCUT2D eigenvalue weighted by Gasteiger charge is -2.32. The number of ketones is 2. The third-order valence-corrected chi connectivity index (χ3v) is 12.4. The van der Waals surface area contributed by atoms with Crippen LogP contribution in [0.4, 0.5) is 0 Å². The molecule has 0 aliphatic rings. The van der Waals surface area contributed by atoms with E-state index in [1.807, 2.05) is 0 Å². The molecule has 0 rings (SSSR count). The van der Waals surface area contributed by atoms with Gasteiger partial charge in [0.25, 0.3) is 0 Å². The van der Waals surface area contributed by atoms with Gasteiger partial charge in [0.05, 0.1) is 0 Å². The number of carbonyl (C=O) groups is 5. The highest BCUT2D eigenvalue weighted by atomic mass is 16.6. The second kappa shape index (κ2) is 43.5. The number of Topliss-reactive ketones (excluding diaryl/α,β-unsaturated/α-hetero) is 2. The summed E-state index contributed by atoms with van der Waals surface area (Å²) in [6.07, 6.45) is 45.1. The summed E-state index contributed by atoms with van der Waals surface area (Å²) in [5.41, 5.74) is -2.97. The molecule has 0 aromatic rings. The molecule has 0 fully saturated rings. The van der Waals surface area contributed by atoms with E-state index in [0.29, 0.717) is 32.1 Å². The number of carboxylic acids is 2. The zero-order valence-electron chi connectivity index (χ0n) is 40.5. The summed E-state index contributed by atoms with van der Waals surface area (Å²) in [6.45, 7) is 6.67. The molecule has 0 heterocycles. The standard InChI is InChI=1S/C54H96O8/c1-4-7-10-13-16-19-22-24-26-28-31-33-36-39-42-45-48(55)54(53(60)61,49(56)46-43-40-37-34-32-29-27-25-23-20-17-14-11-8-5-2)51(52(58)59)62-50(57)47-44-41-38-35-30-21-18-15-12-9-6-3/h24-27,51H,4-23,28-47H2,1-3H3,(H,58,59)(H,60,61). The number of aliphatic carboxylic acids is 2. The third kappa shape index (κ3) is 31.1. The lowest BCUT2D eigenvalue weighted by molar-refractivity contribution is -0.186. The zero-order valence-corrected chi connectivity index (χ0v) is 40.5. The summed E-state index contributed by atoms with van der Waals surface area (Å²) in [7, 11) is 0. The number of carbonyl (C=O) groups excluding carboxylic acids is 3. The van der Waals surface area contributed by atoms with E-state index in [9.17, 15) is 34.2 Å². The maximum atomic E-state index is 14.0. The maximum Gasteiger partial charge on any atom is 0.347 e. The van der Waals surface area contributed by atoms with Gasteiger partial charge in [-0.25, -0.2) is 4.79 Å². The van der Waals surface area contributed by atoms with Crippen LogP contribution in [0.3, 0.4) is 0 Å². The highest BCUT2D eigenvalue weighted by Gasteiger charge is 2.62. The van der Waals surface area contributed by atoms with Crippen LogP contribution in [0, 0.1) is 5.41 Å². The molecule has 0 radical (unpaired) electrons. The Morgan fingerprint density at radius 1 is 0.387 bits per heavy atom. The number of esters is 1. The summed E-state index contributed by atoms with van der Waals surface area (Å²) < 4.78 is 5.36. The predicted molar refractivity (Wildman–Crippen MR) is 258 cm³/mol. The van der Waals surface area contributed by atoms with Crippen LogP contribution in [0.5, 0.6) is 0 Å². The Bertz CT molecular complexity index is 1120. The van der Waals surface area contributed by atoms with Crippen molar-refractivity contribution in [1.29, 1.82) is 0 Å². The first-order valence-electron chi connectivity index (χ1n) is 26.2. The van der Waals surface area contributed by atoms with E-state index >= 15 is 0 Å². The molecule has 0 aromatic carbocycles. The van der Waals surface area contributed by atoms with Crippen LogP contribution in [0.2, 0.25) is 0 Å². The SMILES string of the molecule is CCCCCCCCC=CCCCCCCCC(=O)C(C(=O)O)(C(=O)CCCCCCCC=CCCCCCCCC)C(OC(=O)CCCCCCCCCCCCC)C(=O)O. The summed E-state index contributed by atoms with van der Waals surface area (Å²) in [5.74, 6) is -6.47.